The molecule has 0 aromatic rings. The molecule has 4 fully saturated rings. The Morgan fingerprint density at radius 1 is 0.709 bits per heavy atom. The Hall–Kier alpha value is -2.76. The zero-order valence-corrected chi connectivity index (χ0v) is 30.4. The Kier molecular flexibility index (Phi) is 16.0. The van der Waals surface area contributed by atoms with Gasteiger partial charge in [0.1, 0.15) is 67.1 Å². The quantitative estimate of drug-likeness (QED) is 0.0726. The van der Waals surface area contributed by atoms with Gasteiger partial charge in [0.2, 0.25) is 11.8 Å². The van der Waals surface area contributed by atoms with E-state index in [1.165, 1.54) is 21.0 Å². The Labute approximate surface area is 314 Å². The Morgan fingerprint density at radius 3 is 1.76 bits per heavy atom. The summed E-state index contributed by atoms with van der Waals surface area (Å²) in [5, 5.41) is 92.7. The van der Waals surface area contributed by atoms with Crippen molar-refractivity contribution in [3.63, 3.8) is 0 Å². The van der Waals surface area contributed by atoms with Gasteiger partial charge >= 0.3 is 5.97 Å². The molecule has 0 saturated carbocycles. The minimum atomic E-state index is -2.11. The molecule has 4 aliphatic heterocycles. The summed E-state index contributed by atoms with van der Waals surface area (Å²) < 4.78 is 45.6. The summed E-state index contributed by atoms with van der Waals surface area (Å²) in [7, 11) is 1.21. The first kappa shape index (κ1) is 44.9. The van der Waals surface area contributed by atoms with E-state index in [1.807, 2.05) is 0 Å². The molecule has 0 radical (unpaired) electrons. The van der Waals surface area contributed by atoms with Crippen molar-refractivity contribution >= 4 is 23.7 Å². The maximum Gasteiger partial charge on any atom is 0.333 e. The van der Waals surface area contributed by atoms with Crippen LogP contribution in [0.1, 0.15) is 27.2 Å². The van der Waals surface area contributed by atoms with Crippen LogP contribution in [0.4, 0.5) is 0 Å². The lowest BCUT2D eigenvalue weighted by Gasteiger charge is -2.50. The standard InChI is InChI=1S/C31H52N4O20/c1-9-16(34-10(2)38)23(18(40)14(6-36)49-9)52-31-22(44)21(43)25(26(55-31)27(45)33-8-32)54-29-17(35-11(3)39)24(19(41)15(7-37)51-29)53-30-20(42)12(48-4)5-13(50-30)28(46)47/h9,12-26,29-31,36-37,40-44H,5-8,32H2,1-4H3,(H,33,45)(H,34,38)(H,35,39)(H,46,47)/t9-,12-,13?,14?,15?,16?,17?,18+,19+,20?,21+,22?,23+,24+,25-,26?,29-,30-,31+/m0/s1. The second kappa shape index (κ2) is 19.6. The van der Waals surface area contributed by atoms with E-state index in [0.717, 1.165) is 6.92 Å². The molecule has 4 rings (SSSR count). The van der Waals surface area contributed by atoms with Crippen molar-refractivity contribution in [2.75, 3.05) is 27.0 Å². The molecule has 0 spiro atoms. The van der Waals surface area contributed by atoms with Crippen LogP contribution < -0.4 is 21.7 Å². The molecule has 8 unspecified atom stereocenters. The van der Waals surface area contributed by atoms with E-state index in [0.29, 0.717) is 0 Å². The first-order valence-corrected chi connectivity index (χ1v) is 17.5. The largest absolute Gasteiger partial charge is 0.479 e. The van der Waals surface area contributed by atoms with Crippen LogP contribution in [0.25, 0.3) is 0 Å². The van der Waals surface area contributed by atoms with Gasteiger partial charge in [-0.1, -0.05) is 0 Å². The molecule has 4 aliphatic rings. The van der Waals surface area contributed by atoms with Crippen molar-refractivity contribution in [3.05, 3.63) is 0 Å². The molecule has 55 heavy (non-hydrogen) atoms. The van der Waals surface area contributed by atoms with Crippen molar-refractivity contribution in [1.29, 1.82) is 0 Å². The molecule has 13 N–H and O–H groups in total. The van der Waals surface area contributed by atoms with Crippen LogP contribution in [0.3, 0.4) is 0 Å². The number of aliphatic carboxylic acids is 1. The fourth-order valence-electron chi connectivity index (χ4n) is 6.93. The van der Waals surface area contributed by atoms with Gasteiger partial charge in [-0.25, -0.2) is 4.79 Å². The van der Waals surface area contributed by atoms with Gasteiger partial charge in [-0.05, 0) is 6.92 Å². The number of amides is 3. The Morgan fingerprint density at radius 2 is 1.24 bits per heavy atom. The molecule has 0 aromatic carbocycles. The van der Waals surface area contributed by atoms with Crippen LogP contribution >= 0.6 is 0 Å². The highest BCUT2D eigenvalue weighted by atomic mass is 16.8. The third kappa shape index (κ3) is 10.2. The van der Waals surface area contributed by atoms with E-state index in [4.69, 9.17) is 43.6 Å². The van der Waals surface area contributed by atoms with Crippen LogP contribution in [-0.2, 0) is 57.1 Å². The second-order valence-corrected chi connectivity index (χ2v) is 13.5. The minimum Gasteiger partial charge on any atom is -0.479 e. The van der Waals surface area contributed by atoms with Crippen molar-refractivity contribution in [2.45, 2.75) is 144 Å². The predicted octanol–water partition coefficient (Wildman–Crippen LogP) is -7.58. The van der Waals surface area contributed by atoms with E-state index in [2.05, 4.69) is 16.0 Å². The topological polar surface area (TPSA) is 366 Å². The summed E-state index contributed by atoms with van der Waals surface area (Å²) in [5.74, 6) is -3.76. The van der Waals surface area contributed by atoms with Crippen LogP contribution in [0, 0.1) is 0 Å². The number of methoxy groups -OCH3 is 1. The first-order chi connectivity index (χ1) is 26.0. The molecular formula is C31H52N4O20. The highest BCUT2D eigenvalue weighted by molar-refractivity contribution is 5.81. The first-order valence-electron chi connectivity index (χ1n) is 17.5. The average Bonchev–Trinajstić information content (AvgIpc) is 3.13. The smallest absolute Gasteiger partial charge is 0.333 e. The third-order valence-electron chi connectivity index (χ3n) is 9.68. The van der Waals surface area contributed by atoms with Gasteiger partial charge in [-0.3, -0.25) is 14.4 Å². The molecule has 0 aliphatic carbocycles. The lowest BCUT2D eigenvalue weighted by molar-refractivity contribution is -0.362. The van der Waals surface area contributed by atoms with Crippen molar-refractivity contribution in [1.82, 2.24) is 16.0 Å². The van der Waals surface area contributed by atoms with Gasteiger partial charge in [0.15, 0.2) is 31.1 Å². The summed E-state index contributed by atoms with van der Waals surface area (Å²) in [5.41, 5.74) is 5.53. The number of rotatable bonds is 14. The lowest BCUT2D eigenvalue weighted by atomic mass is 9.92. The monoisotopic (exact) mass is 800 g/mol. The lowest BCUT2D eigenvalue weighted by Crippen LogP contribution is -2.70. The van der Waals surface area contributed by atoms with Crippen molar-refractivity contribution in [3.8, 4) is 0 Å². The zero-order chi connectivity index (χ0) is 40.9. The van der Waals surface area contributed by atoms with Crippen LogP contribution in [0.2, 0.25) is 0 Å². The van der Waals surface area contributed by atoms with Crippen LogP contribution in [0.5, 0.6) is 0 Å². The summed E-state index contributed by atoms with van der Waals surface area (Å²) in [4.78, 5) is 49.7. The molecule has 4 saturated heterocycles. The molecule has 4 heterocycles. The highest BCUT2D eigenvalue weighted by Crippen LogP contribution is 2.35. The number of aliphatic hydroxyl groups excluding tert-OH is 7. The Bertz CT molecular complexity index is 1320. The van der Waals surface area contributed by atoms with Crippen molar-refractivity contribution < 1.29 is 97.9 Å². The number of nitrogens with two attached hydrogens (primary N) is 1. The van der Waals surface area contributed by atoms with E-state index in [-0.39, 0.29) is 6.42 Å². The van der Waals surface area contributed by atoms with Crippen LogP contribution in [0.15, 0.2) is 0 Å². The number of carboxylic acids is 1. The maximum absolute atomic E-state index is 13.4. The van der Waals surface area contributed by atoms with Crippen molar-refractivity contribution in [2.24, 2.45) is 5.73 Å². The normalized spacial score (nSPS) is 43.6. The minimum absolute atomic E-state index is 0.273. The highest BCUT2D eigenvalue weighted by Gasteiger charge is 2.56. The molecule has 19 atom stereocenters. The fourth-order valence-corrected chi connectivity index (χ4v) is 6.93. The number of carbonyl (C=O) groups excluding carboxylic acids is 3. The van der Waals surface area contributed by atoms with E-state index >= 15 is 0 Å². The number of ether oxygens (including phenoxy) is 8. The van der Waals surface area contributed by atoms with Gasteiger partial charge in [0.05, 0.1) is 38.1 Å². The van der Waals surface area contributed by atoms with E-state index in [9.17, 15) is 60.0 Å². The summed E-state index contributed by atoms with van der Waals surface area (Å²) in [6.45, 7) is 1.73. The number of hydrogen-bond donors (Lipinski definition) is 12. The van der Waals surface area contributed by atoms with E-state index in [1.54, 1.807) is 0 Å². The summed E-state index contributed by atoms with van der Waals surface area (Å²) >= 11 is 0. The van der Waals surface area contributed by atoms with Gasteiger partial charge in [-0.15, -0.1) is 0 Å². The number of carboxylic acid groups (broad SMARTS) is 1. The average molecular weight is 801 g/mol. The maximum atomic E-state index is 13.4. The van der Waals surface area contributed by atoms with Gasteiger partial charge in [-0.2, -0.15) is 0 Å². The number of carbonyl (C=O) groups is 4. The van der Waals surface area contributed by atoms with Gasteiger partial charge in [0.25, 0.3) is 5.91 Å². The second-order valence-electron chi connectivity index (χ2n) is 13.5. The van der Waals surface area contributed by atoms with E-state index < -0.39 is 160 Å². The van der Waals surface area contributed by atoms with Gasteiger partial charge in [0, 0.05) is 27.4 Å². The molecule has 0 aromatic heterocycles. The summed E-state index contributed by atoms with van der Waals surface area (Å²) in [6.07, 6.45) is -28.4. The van der Waals surface area contributed by atoms with Crippen LogP contribution in [-0.4, -0.2) is 208 Å². The zero-order valence-electron chi connectivity index (χ0n) is 30.4. The number of nitrogens with one attached hydrogen (secondary N) is 3. The molecule has 24 nitrogen and oxygen atoms in total. The number of aliphatic hydroxyl groups is 7. The fraction of sp³-hybridized carbons (Fsp3) is 0.871. The molecule has 0 bridgehead atoms. The SMILES string of the molecule is CO[C@H]1CC(C(=O)O)O[C@@H](O[C@@H]2C(NC(C)=O)[C@H](O[C@@H]3C(C(=O)NCN)O[C@@H](O[C@@H]4C(NC(C)=O)[C@H](C)OC(CO)[C@H]4O)C(O)[C@H]3O)OC(CO)[C@H]2O)C1O. The number of hydrogen-bond acceptors (Lipinski definition) is 20. The molecular weight excluding hydrogens is 748 g/mol. The molecule has 24 heteroatoms. The van der Waals surface area contributed by atoms with Gasteiger partial charge < -0.3 is 100 Å². The Balaban J connectivity index is 1.66. The third-order valence-corrected chi connectivity index (χ3v) is 9.68. The molecule has 316 valence electrons. The predicted molar refractivity (Wildman–Crippen MR) is 175 cm³/mol. The molecule has 3 amide bonds. The summed E-state index contributed by atoms with van der Waals surface area (Å²) in [6, 6.07) is -2.71.